The summed E-state index contributed by atoms with van der Waals surface area (Å²) >= 11 is 0. The van der Waals surface area contributed by atoms with E-state index in [2.05, 4.69) is 85.8 Å². The minimum absolute atomic E-state index is 0.267. The Balaban J connectivity index is 2.23. The number of hydrogen-bond donors (Lipinski definition) is 0. The Labute approximate surface area is 344 Å². The fraction of sp³-hybridized carbons (Fsp3) is 0.412. The molecule has 0 bridgehead atoms. The average Bonchev–Trinajstić information content (AvgIpc) is 3.16. The standard InChI is InChI=1S/C51H68O6/c1-37(2)15-12-18-40(7)21-26-45(46(52)27-22-43-24-29-48(50(35-43)54-10)56-33-31-41(8)19-13-16-38(3)4)47(53)28-23-44-25-30-49(51(36-44)55-11)57-34-32-42(9)20-14-17-39(5)6/h15-17,21-25,27-32,35-36,45H,12-14,18-20,26,33-34H2,1-11H3/b27-22+,28-23+,40-21+,41-31+,42-32+. The van der Waals surface area contributed by atoms with Gasteiger partial charge in [0, 0.05) is 0 Å². The predicted molar refractivity (Wildman–Crippen MR) is 240 cm³/mol. The molecular weight excluding hydrogens is 709 g/mol. The molecule has 0 aromatic heterocycles. The van der Waals surface area contributed by atoms with Crippen LogP contribution in [0.25, 0.3) is 12.2 Å². The average molecular weight is 777 g/mol. The minimum atomic E-state index is -0.872. The van der Waals surface area contributed by atoms with Gasteiger partial charge in [0.25, 0.3) is 0 Å². The first-order valence-electron chi connectivity index (χ1n) is 20.1. The largest absolute Gasteiger partial charge is 0.493 e. The van der Waals surface area contributed by atoms with Gasteiger partial charge in [0.15, 0.2) is 34.6 Å². The summed E-state index contributed by atoms with van der Waals surface area (Å²) in [4.78, 5) is 27.4. The molecule has 0 aliphatic heterocycles. The zero-order chi connectivity index (χ0) is 42.2. The quantitative estimate of drug-likeness (QED) is 0.0568. The van der Waals surface area contributed by atoms with E-state index in [1.165, 1.54) is 40.0 Å². The van der Waals surface area contributed by atoms with Crippen molar-refractivity contribution >= 4 is 23.7 Å². The predicted octanol–water partition coefficient (Wildman–Crippen LogP) is 13.4. The Morgan fingerprint density at radius 3 is 1.23 bits per heavy atom. The van der Waals surface area contributed by atoms with E-state index in [4.69, 9.17) is 18.9 Å². The summed E-state index contributed by atoms with van der Waals surface area (Å²) in [6, 6.07) is 11.1. The molecule has 0 saturated carbocycles. The molecule has 6 nitrogen and oxygen atoms in total. The van der Waals surface area contributed by atoms with Crippen LogP contribution in [0, 0.1) is 5.92 Å². The van der Waals surface area contributed by atoms with E-state index in [1.807, 2.05) is 49.4 Å². The van der Waals surface area contributed by atoms with E-state index in [0.29, 0.717) is 42.6 Å². The number of ketones is 2. The molecule has 0 heterocycles. The molecule has 2 rings (SSSR count). The number of ether oxygens (including phenoxy) is 4. The van der Waals surface area contributed by atoms with E-state index in [9.17, 15) is 9.59 Å². The molecule has 308 valence electrons. The van der Waals surface area contributed by atoms with E-state index >= 15 is 0 Å². The lowest BCUT2D eigenvalue weighted by molar-refractivity contribution is -0.127. The topological polar surface area (TPSA) is 71.1 Å². The van der Waals surface area contributed by atoms with Gasteiger partial charge in [-0.1, -0.05) is 82.0 Å². The second-order valence-electron chi connectivity index (χ2n) is 15.3. The zero-order valence-corrected chi connectivity index (χ0v) is 36.6. The van der Waals surface area contributed by atoms with E-state index < -0.39 is 5.92 Å². The first-order chi connectivity index (χ1) is 27.2. The van der Waals surface area contributed by atoms with Crippen LogP contribution in [0.3, 0.4) is 0 Å². The molecule has 0 saturated heterocycles. The highest BCUT2D eigenvalue weighted by atomic mass is 16.5. The molecule has 0 N–H and O–H groups in total. The van der Waals surface area contributed by atoms with Crippen LogP contribution in [0.4, 0.5) is 0 Å². The summed E-state index contributed by atoms with van der Waals surface area (Å²) in [5.74, 6) is 0.972. The molecular formula is C51H68O6. The lowest BCUT2D eigenvalue weighted by Crippen LogP contribution is -2.20. The summed E-state index contributed by atoms with van der Waals surface area (Å²) < 4.78 is 23.3. The monoisotopic (exact) mass is 777 g/mol. The van der Waals surface area contributed by atoms with E-state index in [0.717, 1.165) is 55.2 Å². The van der Waals surface area contributed by atoms with Crippen molar-refractivity contribution in [1.82, 2.24) is 0 Å². The first kappa shape index (κ1) is 48.0. The first-order valence-corrected chi connectivity index (χ1v) is 20.1. The van der Waals surface area contributed by atoms with Crippen molar-refractivity contribution in [3.05, 3.63) is 130 Å². The maximum atomic E-state index is 13.7. The SMILES string of the molecule is COc1cc(/C=C/C(=O)C(C/C=C(\C)CCC=C(C)C)C(=O)/C=C/c2ccc(OC/C=C(\C)CCC=C(C)C)c(OC)c2)ccc1OC/C=C(\C)CCC=C(C)C. The van der Waals surface area contributed by atoms with Gasteiger partial charge in [0.05, 0.1) is 20.1 Å². The van der Waals surface area contributed by atoms with Crippen LogP contribution >= 0.6 is 0 Å². The fourth-order valence-electron chi connectivity index (χ4n) is 5.71. The second-order valence-corrected chi connectivity index (χ2v) is 15.3. The maximum Gasteiger partial charge on any atom is 0.166 e. The fourth-order valence-corrected chi connectivity index (χ4v) is 5.71. The maximum absolute atomic E-state index is 13.7. The molecule has 0 aliphatic rings. The highest BCUT2D eigenvalue weighted by Crippen LogP contribution is 2.30. The van der Waals surface area contributed by atoms with Gasteiger partial charge < -0.3 is 18.9 Å². The normalized spacial score (nSPS) is 12.2. The van der Waals surface area contributed by atoms with Gasteiger partial charge in [-0.25, -0.2) is 0 Å². The van der Waals surface area contributed by atoms with Gasteiger partial charge in [-0.15, -0.1) is 0 Å². The third kappa shape index (κ3) is 20.1. The summed E-state index contributed by atoms with van der Waals surface area (Å²) in [5, 5.41) is 0. The van der Waals surface area contributed by atoms with Crippen LogP contribution < -0.4 is 18.9 Å². The number of benzene rings is 2. The molecule has 0 radical (unpaired) electrons. The Morgan fingerprint density at radius 1 is 0.509 bits per heavy atom. The van der Waals surface area contributed by atoms with Crippen molar-refractivity contribution in [3.8, 4) is 23.0 Å². The molecule has 0 atom stereocenters. The molecule has 2 aromatic rings. The van der Waals surface area contributed by atoms with Crippen LogP contribution in [0.15, 0.2) is 118 Å². The number of methoxy groups -OCH3 is 2. The van der Waals surface area contributed by atoms with Gasteiger partial charge in [-0.05, 0) is 167 Å². The summed E-state index contributed by atoms with van der Waals surface area (Å²) in [6.45, 7) is 19.7. The van der Waals surface area contributed by atoms with Gasteiger partial charge in [0.2, 0.25) is 0 Å². The van der Waals surface area contributed by atoms with Crippen molar-refractivity contribution in [2.24, 2.45) is 5.92 Å². The lowest BCUT2D eigenvalue weighted by atomic mass is 9.92. The van der Waals surface area contributed by atoms with Crippen molar-refractivity contribution in [1.29, 1.82) is 0 Å². The zero-order valence-electron chi connectivity index (χ0n) is 36.6. The van der Waals surface area contributed by atoms with Crippen LogP contribution in [0.1, 0.15) is 118 Å². The molecule has 57 heavy (non-hydrogen) atoms. The molecule has 0 unspecified atom stereocenters. The highest BCUT2D eigenvalue weighted by Gasteiger charge is 2.22. The summed E-state index contributed by atoms with van der Waals surface area (Å²) in [5.41, 5.74) is 9.11. The molecule has 0 spiro atoms. The molecule has 2 aromatic carbocycles. The lowest BCUT2D eigenvalue weighted by Gasteiger charge is -2.12. The van der Waals surface area contributed by atoms with E-state index in [1.54, 1.807) is 26.4 Å². The van der Waals surface area contributed by atoms with Crippen LogP contribution in [-0.2, 0) is 9.59 Å². The van der Waals surface area contributed by atoms with Gasteiger partial charge in [0.1, 0.15) is 13.2 Å². The molecule has 0 amide bonds. The molecule has 6 heteroatoms. The number of hydrogen-bond acceptors (Lipinski definition) is 6. The third-order valence-corrected chi connectivity index (χ3v) is 9.26. The Bertz CT molecular complexity index is 1730. The number of carbonyl (C=O) groups excluding carboxylic acids is 2. The number of rotatable bonds is 25. The highest BCUT2D eigenvalue weighted by molar-refractivity contribution is 6.13. The van der Waals surface area contributed by atoms with Crippen LogP contribution in [0.2, 0.25) is 0 Å². The van der Waals surface area contributed by atoms with Gasteiger partial charge >= 0.3 is 0 Å². The Morgan fingerprint density at radius 2 is 0.877 bits per heavy atom. The number of allylic oxidation sites excluding steroid dienone is 12. The smallest absolute Gasteiger partial charge is 0.166 e. The second kappa shape index (κ2) is 26.7. The third-order valence-electron chi connectivity index (χ3n) is 9.26. The van der Waals surface area contributed by atoms with Crippen molar-refractivity contribution in [2.45, 2.75) is 107 Å². The Kier molecular flexibility index (Phi) is 22.5. The van der Waals surface area contributed by atoms with Crippen LogP contribution in [-0.4, -0.2) is 39.0 Å². The van der Waals surface area contributed by atoms with Crippen molar-refractivity contribution < 1.29 is 28.5 Å². The molecule has 0 aliphatic carbocycles. The van der Waals surface area contributed by atoms with E-state index in [-0.39, 0.29) is 11.6 Å². The summed E-state index contributed by atoms with van der Waals surface area (Å²) in [7, 11) is 3.19. The van der Waals surface area contributed by atoms with Gasteiger partial charge in [-0.3, -0.25) is 9.59 Å². The molecule has 0 fully saturated rings. The van der Waals surface area contributed by atoms with Crippen molar-refractivity contribution in [2.75, 3.05) is 27.4 Å². The van der Waals surface area contributed by atoms with Crippen molar-refractivity contribution in [3.63, 3.8) is 0 Å². The Hall–Kier alpha value is -5.10. The number of carbonyl (C=O) groups is 2. The van der Waals surface area contributed by atoms with Gasteiger partial charge in [-0.2, -0.15) is 0 Å². The summed E-state index contributed by atoms with van der Waals surface area (Å²) in [6.07, 6.45) is 25.4. The van der Waals surface area contributed by atoms with Crippen LogP contribution in [0.5, 0.6) is 23.0 Å². The minimum Gasteiger partial charge on any atom is -0.493 e.